The number of fused-ring (bicyclic) bond motifs is 1. The van der Waals surface area contributed by atoms with Gasteiger partial charge in [0, 0.05) is 24.0 Å². The van der Waals surface area contributed by atoms with E-state index in [0.29, 0.717) is 17.9 Å². The van der Waals surface area contributed by atoms with Gasteiger partial charge in [-0.2, -0.15) is 0 Å². The lowest BCUT2D eigenvalue weighted by Gasteiger charge is -2.26. The number of nitrogens with zero attached hydrogens (tertiary/aromatic N) is 1. The van der Waals surface area contributed by atoms with Crippen molar-refractivity contribution in [2.45, 2.75) is 19.3 Å². The van der Waals surface area contributed by atoms with E-state index in [-0.39, 0.29) is 5.91 Å². The first-order valence-electron chi connectivity index (χ1n) is 9.40. The molecule has 1 fully saturated rings. The van der Waals surface area contributed by atoms with Crippen molar-refractivity contribution in [1.29, 1.82) is 0 Å². The number of rotatable bonds is 5. The summed E-state index contributed by atoms with van der Waals surface area (Å²) in [6.07, 6.45) is 3.85. The number of hydrogen-bond acceptors (Lipinski definition) is 3. The summed E-state index contributed by atoms with van der Waals surface area (Å²) in [6.45, 7) is 3.84. The van der Waals surface area contributed by atoms with Gasteiger partial charge in [-0.3, -0.25) is 4.79 Å². The van der Waals surface area contributed by atoms with Crippen LogP contribution in [0.2, 0.25) is 0 Å². The molecule has 0 spiro atoms. The maximum Gasteiger partial charge on any atom is 0.255 e. The molecule has 1 N–H and O–H groups in total. The fraction of sp³-hybridized carbons (Fsp3) is 0.318. The summed E-state index contributed by atoms with van der Waals surface area (Å²) >= 11 is 0. The molecule has 2 heterocycles. The van der Waals surface area contributed by atoms with E-state index in [9.17, 15) is 4.79 Å². The highest BCUT2D eigenvalue weighted by Crippen LogP contribution is 2.33. The molecule has 1 aliphatic rings. The molecule has 0 unspecified atom stereocenters. The first kappa shape index (κ1) is 16.9. The monoisotopic (exact) mass is 348 g/mol. The second-order valence-electron chi connectivity index (χ2n) is 6.83. The maximum absolute atomic E-state index is 13.0. The van der Waals surface area contributed by atoms with Gasteiger partial charge >= 0.3 is 0 Å². The maximum atomic E-state index is 13.0. The largest absolute Gasteiger partial charge is 0.455 e. The van der Waals surface area contributed by atoms with Crippen molar-refractivity contribution in [2.75, 3.05) is 26.2 Å². The van der Waals surface area contributed by atoms with E-state index in [2.05, 4.69) is 10.2 Å². The Bertz CT molecular complexity index is 880. The third kappa shape index (κ3) is 3.51. The fourth-order valence-electron chi connectivity index (χ4n) is 3.66. The van der Waals surface area contributed by atoms with E-state index in [0.717, 1.165) is 36.2 Å². The summed E-state index contributed by atoms with van der Waals surface area (Å²) in [5, 5.41) is 3.96. The lowest BCUT2D eigenvalue weighted by Crippen LogP contribution is -2.37. The SMILES string of the molecule is O=C(NCCN1CCCCC1)c1c(-c2ccccc2)oc2ccccc12. The van der Waals surface area contributed by atoms with Crippen LogP contribution in [0.5, 0.6) is 0 Å². The minimum Gasteiger partial charge on any atom is -0.455 e. The second-order valence-corrected chi connectivity index (χ2v) is 6.83. The smallest absolute Gasteiger partial charge is 0.255 e. The average molecular weight is 348 g/mol. The fourth-order valence-corrected chi connectivity index (χ4v) is 3.66. The molecule has 0 aliphatic carbocycles. The highest BCUT2D eigenvalue weighted by molar-refractivity contribution is 6.11. The van der Waals surface area contributed by atoms with Gasteiger partial charge in [-0.05, 0) is 32.0 Å². The van der Waals surface area contributed by atoms with Crippen LogP contribution in [0.15, 0.2) is 59.0 Å². The number of hydrogen-bond donors (Lipinski definition) is 1. The second kappa shape index (κ2) is 7.75. The molecule has 134 valence electrons. The number of carbonyl (C=O) groups is 1. The van der Waals surface area contributed by atoms with Gasteiger partial charge < -0.3 is 14.6 Å². The van der Waals surface area contributed by atoms with Crippen molar-refractivity contribution in [3.05, 3.63) is 60.2 Å². The number of nitrogens with one attached hydrogen (secondary N) is 1. The van der Waals surface area contributed by atoms with Crippen LogP contribution >= 0.6 is 0 Å². The Morgan fingerprint density at radius 2 is 1.69 bits per heavy atom. The van der Waals surface area contributed by atoms with Crippen LogP contribution in [0.25, 0.3) is 22.3 Å². The minimum atomic E-state index is -0.0641. The molecule has 1 aliphatic heterocycles. The zero-order chi connectivity index (χ0) is 17.8. The van der Waals surface area contributed by atoms with Crippen LogP contribution in [0.4, 0.5) is 0 Å². The molecule has 4 rings (SSSR count). The van der Waals surface area contributed by atoms with Gasteiger partial charge in [-0.25, -0.2) is 0 Å². The van der Waals surface area contributed by atoms with E-state index in [4.69, 9.17) is 4.42 Å². The van der Waals surface area contributed by atoms with E-state index in [1.807, 2.05) is 54.6 Å². The van der Waals surface area contributed by atoms with Gasteiger partial charge in [-0.1, -0.05) is 55.0 Å². The number of para-hydroxylation sites is 1. The standard InChI is InChI=1S/C22H24N2O2/c25-22(23-13-16-24-14-7-2-8-15-24)20-18-11-5-6-12-19(18)26-21(20)17-9-3-1-4-10-17/h1,3-6,9-12H,2,7-8,13-16H2,(H,23,25). The molecule has 1 amide bonds. The first-order chi connectivity index (χ1) is 12.8. The zero-order valence-electron chi connectivity index (χ0n) is 14.9. The third-order valence-corrected chi connectivity index (χ3v) is 5.02. The van der Waals surface area contributed by atoms with Crippen molar-refractivity contribution >= 4 is 16.9 Å². The van der Waals surface area contributed by atoms with Gasteiger partial charge in [0.25, 0.3) is 5.91 Å². The van der Waals surface area contributed by atoms with Crippen LogP contribution < -0.4 is 5.32 Å². The summed E-state index contributed by atoms with van der Waals surface area (Å²) in [5.41, 5.74) is 2.29. The number of benzene rings is 2. The van der Waals surface area contributed by atoms with E-state index in [1.54, 1.807) is 0 Å². The van der Waals surface area contributed by atoms with E-state index >= 15 is 0 Å². The molecule has 26 heavy (non-hydrogen) atoms. The quantitative estimate of drug-likeness (QED) is 0.747. The highest BCUT2D eigenvalue weighted by Gasteiger charge is 2.21. The molecular weight excluding hydrogens is 324 g/mol. The van der Waals surface area contributed by atoms with Gasteiger partial charge in [0.1, 0.15) is 11.3 Å². The zero-order valence-corrected chi connectivity index (χ0v) is 14.9. The Morgan fingerprint density at radius 3 is 2.50 bits per heavy atom. The minimum absolute atomic E-state index is 0.0641. The summed E-state index contributed by atoms with van der Waals surface area (Å²) in [5.74, 6) is 0.577. The van der Waals surface area contributed by atoms with Gasteiger partial charge in [0.15, 0.2) is 0 Å². The number of amides is 1. The molecule has 1 aromatic heterocycles. The van der Waals surface area contributed by atoms with Gasteiger partial charge in [0.05, 0.1) is 5.56 Å². The predicted molar refractivity (Wildman–Crippen MR) is 104 cm³/mol. The Balaban J connectivity index is 1.57. The summed E-state index contributed by atoms with van der Waals surface area (Å²) < 4.78 is 6.03. The Kier molecular flexibility index (Phi) is 5.02. The van der Waals surface area contributed by atoms with Crippen molar-refractivity contribution in [2.24, 2.45) is 0 Å². The molecule has 2 aromatic carbocycles. The van der Waals surface area contributed by atoms with Gasteiger partial charge in [0.2, 0.25) is 0 Å². The van der Waals surface area contributed by atoms with Crippen LogP contribution in [-0.2, 0) is 0 Å². The number of carbonyl (C=O) groups excluding carboxylic acids is 1. The predicted octanol–water partition coefficient (Wildman–Crippen LogP) is 4.32. The first-order valence-corrected chi connectivity index (χ1v) is 9.40. The molecule has 4 heteroatoms. The van der Waals surface area contributed by atoms with Crippen LogP contribution in [0.3, 0.4) is 0 Å². The molecular formula is C22H24N2O2. The Labute approximate surface area is 153 Å². The van der Waals surface area contributed by atoms with Crippen LogP contribution in [0.1, 0.15) is 29.6 Å². The van der Waals surface area contributed by atoms with Crippen molar-refractivity contribution in [1.82, 2.24) is 10.2 Å². The summed E-state index contributed by atoms with van der Waals surface area (Å²) in [4.78, 5) is 15.4. The molecule has 0 saturated carbocycles. The van der Waals surface area contributed by atoms with Crippen LogP contribution in [0, 0.1) is 0 Å². The summed E-state index contributed by atoms with van der Waals surface area (Å²) in [7, 11) is 0. The highest BCUT2D eigenvalue weighted by atomic mass is 16.3. The molecule has 4 nitrogen and oxygen atoms in total. The van der Waals surface area contributed by atoms with Crippen LogP contribution in [-0.4, -0.2) is 37.0 Å². The molecule has 1 saturated heterocycles. The van der Waals surface area contributed by atoms with E-state index < -0.39 is 0 Å². The lowest BCUT2D eigenvalue weighted by atomic mass is 10.0. The third-order valence-electron chi connectivity index (χ3n) is 5.02. The number of furan rings is 1. The van der Waals surface area contributed by atoms with E-state index in [1.165, 1.54) is 19.3 Å². The van der Waals surface area contributed by atoms with Crippen molar-refractivity contribution < 1.29 is 9.21 Å². The Morgan fingerprint density at radius 1 is 0.962 bits per heavy atom. The van der Waals surface area contributed by atoms with Gasteiger partial charge in [-0.15, -0.1) is 0 Å². The number of piperidine rings is 1. The molecule has 0 radical (unpaired) electrons. The molecule has 0 atom stereocenters. The molecule has 3 aromatic rings. The molecule has 0 bridgehead atoms. The lowest BCUT2D eigenvalue weighted by molar-refractivity contribution is 0.0948. The summed E-state index contributed by atoms with van der Waals surface area (Å²) in [6, 6.07) is 17.6. The topological polar surface area (TPSA) is 45.5 Å². The number of likely N-dealkylation sites (tertiary alicyclic amines) is 1. The van der Waals surface area contributed by atoms with Crippen molar-refractivity contribution in [3.63, 3.8) is 0 Å². The Hall–Kier alpha value is -2.59. The van der Waals surface area contributed by atoms with Crippen molar-refractivity contribution in [3.8, 4) is 11.3 Å². The normalized spacial score (nSPS) is 15.2. The average Bonchev–Trinajstić information content (AvgIpc) is 3.09.